The smallest absolute Gasteiger partial charge is 0.316 e. The number of ether oxygens (including phenoxy) is 1. The number of hydrogen-bond acceptors (Lipinski definition) is 6. The van der Waals surface area contributed by atoms with Crippen molar-refractivity contribution in [3.8, 4) is 16.6 Å². The fraction of sp³-hybridized carbons (Fsp3) is 0.294. The molecule has 0 spiro atoms. The van der Waals surface area contributed by atoms with E-state index < -0.39 is 5.82 Å². The molecule has 1 fully saturated rings. The summed E-state index contributed by atoms with van der Waals surface area (Å²) in [5.41, 5.74) is 1.21. The molecule has 1 unspecified atom stereocenters. The molecule has 4 heterocycles. The minimum absolute atomic E-state index is 0.116. The highest BCUT2D eigenvalue weighted by Gasteiger charge is 2.27. The number of aromatic amines is 1. The quantitative estimate of drug-likeness (QED) is 0.760. The van der Waals surface area contributed by atoms with E-state index in [1.54, 1.807) is 22.3 Å². The SMILES string of the molecule is O=C(c1cc(-c2cccs2)[nH]n1)N1CCCC(Oc2ncc(F)cn2)C1. The van der Waals surface area contributed by atoms with Crippen molar-refractivity contribution in [1.82, 2.24) is 25.1 Å². The van der Waals surface area contributed by atoms with Crippen LogP contribution in [0, 0.1) is 5.82 Å². The maximum absolute atomic E-state index is 12.9. The average Bonchev–Trinajstić information content (AvgIpc) is 3.35. The van der Waals surface area contributed by atoms with E-state index in [-0.39, 0.29) is 18.0 Å². The first-order valence-corrected chi connectivity index (χ1v) is 9.10. The molecule has 9 heteroatoms. The van der Waals surface area contributed by atoms with E-state index >= 15 is 0 Å². The Bertz CT molecular complexity index is 881. The number of H-pyrrole nitrogens is 1. The highest BCUT2D eigenvalue weighted by atomic mass is 32.1. The van der Waals surface area contributed by atoms with Crippen molar-refractivity contribution in [3.63, 3.8) is 0 Å². The molecule has 4 rings (SSSR count). The van der Waals surface area contributed by atoms with Gasteiger partial charge in [0, 0.05) is 6.54 Å². The van der Waals surface area contributed by atoms with Crippen LogP contribution < -0.4 is 4.74 Å². The number of halogens is 1. The zero-order valence-corrected chi connectivity index (χ0v) is 14.6. The molecule has 1 N–H and O–H groups in total. The Balaban J connectivity index is 1.42. The van der Waals surface area contributed by atoms with E-state index in [0.717, 1.165) is 35.8 Å². The standard InChI is InChI=1S/C17H16FN5O2S/c18-11-8-19-17(20-9-11)25-12-3-1-5-23(10-12)16(24)14-7-13(21-22-14)15-4-2-6-26-15/h2,4,6-9,12H,1,3,5,10H2,(H,21,22). The zero-order chi connectivity index (χ0) is 17.9. The van der Waals surface area contributed by atoms with Crippen LogP contribution in [0.3, 0.4) is 0 Å². The van der Waals surface area contributed by atoms with Crippen molar-refractivity contribution in [2.75, 3.05) is 13.1 Å². The number of carbonyl (C=O) groups is 1. The summed E-state index contributed by atoms with van der Waals surface area (Å²) in [4.78, 5) is 23.1. The number of likely N-dealkylation sites (tertiary alicyclic amines) is 1. The first-order valence-electron chi connectivity index (χ1n) is 8.22. The van der Waals surface area contributed by atoms with Crippen LogP contribution in [0.25, 0.3) is 10.6 Å². The van der Waals surface area contributed by atoms with Gasteiger partial charge in [-0.15, -0.1) is 11.3 Å². The van der Waals surface area contributed by atoms with E-state index in [4.69, 9.17) is 4.74 Å². The maximum Gasteiger partial charge on any atom is 0.316 e. The molecule has 0 radical (unpaired) electrons. The predicted octanol–water partition coefficient (Wildman–Crippen LogP) is 2.75. The van der Waals surface area contributed by atoms with Gasteiger partial charge in [-0.2, -0.15) is 5.10 Å². The molecular formula is C17H16FN5O2S. The van der Waals surface area contributed by atoms with Crippen LogP contribution in [0.5, 0.6) is 6.01 Å². The first kappa shape index (κ1) is 16.6. The minimum Gasteiger partial charge on any atom is -0.458 e. The Labute approximate surface area is 152 Å². The zero-order valence-electron chi connectivity index (χ0n) is 13.8. The van der Waals surface area contributed by atoms with E-state index in [9.17, 15) is 9.18 Å². The molecular weight excluding hydrogens is 357 g/mol. The number of nitrogens with one attached hydrogen (secondary N) is 1. The summed E-state index contributed by atoms with van der Waals surface area (Å²) >= 11 is 1.58. The number of aromatic nitrogens is 4. The monoisotopic (exact) mass is 373 g/mol. The van der Waals surface area contributed by atoms with Gasteiger partial charge < -0.3 is 9.64 Å². The molecule has 0 aliphatic carbocycles. The summed E-state index contributed by atoms with van der Waals surface area (Å²) in [6.07, 6.45) is 3.48. The van der Waals surface area contributed by atoms with Crippen molar-refractivity contribution in [3.05, 3.63) is 47.5 Å². The average molecular weight is 373 g/mol. The van der Waals surface area contributed by atoms with E-state index in [2.05, 4.69) is 20.2 Å². The number of carbonyl (C=O) groups excluding carboxylic acids is 1. The molecule has 26 heavy (non-hydrogen) atoms. The lowest BCUT2D eigenvalue weighted by Gasteiger charge is -2.31. The van der Waals surface area contributed by atoms with Crippen molar-refractivity contribution in [2.24, 2.45) is 0 Å². The molecule has 1 aliphatic heterocycles. The van der Waals surface area contributed by atoms with Crippen LogP contribution in [0.1, 0.15) is 23.3 Å². The van der Waals surface area contributed by atoms with Gasteiger partial charge in [0.1, 0.15) is 6.10 Å². The van der Waals surface area contributed by atoms with Gasteiger partial charge in [0.05, 0.1) is 29.5 Å². The fourth-order valence-corrected chi connectivity index (χ4v) is 3.57. The van der Waals surface area contributed by atoms with Gasteiger partial charge in [0.15, 0.2) is 11.5 Å². The van der Waals surface area contributed by atoms with E-state index in [1.165, 1.54) is 0 Å². The third kappa shape index (κ3) is 3.57. The lowest BCUT2D eigenvalue weighted by atomic mass is 10.1. The molecule has 134 valence electrons. The largest absolute Gasteiger partial charge is 0.458 e. The van der Waals surface area contributed by atoms with Crippen molar-refractivity contribution in [1.29, 1.82) is 0 Å². The molecule has 0 aromatic carbocycles. The van der Waals surface area contributed by atoms with Crippen LogP contribution in [0.4, 0.5) is 4.39 Å². The normalized spacial score (nSPS) is 17.3. The predicted molar refractivity (Wildman–Crippen MR) is 93.4 cm³/mol. The molecule has 1 aliphatic rings. The van der Waals surface area contributed by atoms with Gasteiger partial charge in [-0.3, -0.25) is 9.89 Å². The number of piperidine rings is 1. The lowest BCUT2D eigenvalue weighted by molar-refractivity contribution is 0.0510. The minimum atomic E-state index is -0.516. The second-order valence-corrected chi connectivity index (χ2v) is 6.91. The number of nitrogens with zero attached hydrogens (tertiary/aromatic N) is 4. The Hall–Kier alpha value is -2.81. The van der Waals surface area contributed by atoms with Gasteiger partial charge in [-0.25, -0.2) is 14.4 Å². The van der Waals surface area contributed by atoms with Crippen molar-refractivity contribution >= 4 is 17.2 Å². The summed E-state index contributed by atoms with van der Waals surface area (Å²) in [5, 5.41) is 9.03. The molecule has 1 saturated heterocycles. The summed E-state index contributed by atoms with van der Waals surface area (Å²) in [5.74, 6) is -0.657. The van der Waals surface area contributed by atoms with Gasteiger partial charge >= 0.3 is 6.01 Å². The van der Waals surface area contributed by atoms with Crippen LogP contribution in [0.2, 0.25) is 0 Å². The van der Waals surface area contributed by atoms with Crippen molar-refractivity contribution in [2.45, 2.75) is 18.9 Å². The molecule has 3 aromatic rings. The summed E-state index contributed by atoms with van der Waals surface area (Å²) in [6, 6.07) is 5.80. The maximum atomic E-state index is 12.9. The fourth-order valence-electron chi connectivity index (χ4n) is 2.88. The second-order valence-electron chi connectivity index (χ2n) is 5.96. The summed E-state index contributed by atoms with van der Waals surface area (Å²) < 4.78 is 18.6. The number of thiophene rings is 1. The lowest BCUT2D eigenvalue weighted by Crippen LogP contribution is -2.44. The van der Waals surface area contributed by atoms with Crippen LogP contribution in [-0.2, 0) is 0 Å². The molecule has 7 nitrogen and oxygen atoms in total. The van der Waals surface area contributed by atoms with Crippen LogP contribution in [-0.4, -0.2) is 50.2 Å². The number of amides is 1. The second kappa shape index (κ2) is 7.20. The van der Waals surface area contributed by atoms with Crippen molar-refractivity contribution < 1.29 is 13.9 Å². The van der Waals surface area contributed by atoms with Gasteiger partial charge in [-0.1, -0.05) is 6.07 Å². The Morgan fingerprint density at radius 2 is 2.23 bits per heavy atom. The number of rotatable bonds is 4. The van der Waals surface area contributed by atoms with Gasteiger partial charge in [0.2, 0.25) is 0 Å². The molecule has 1 amide bonds. The van der Waals surface area contributed by atoms with Gasteiger partial charge in [0.25, 0.3) is 5.91 Å². The van der Waals surface area contributed by atoms with Crippen LogP contribution in [0.15, 0.2) is 36.0 Å². The summed E-state index contributed by atoms with van der Waals surface area (Å²) in [6.45, 7) is 1.06. The first-order chi connectivity index (χ1) is 12.7. The molecule has 0 bridgehead atoms. The number of hydrogen-bond donors (Lipinski definition) is 1. The third-order valence-electron chi connectivity index (χ3n) is 4.12. The topological polar surface area (TPSA) is 84.0 Å². The van der Waals surface area contributed by atoms with Crippen LogP contribution >= 0.6 is 11.3 Å². The Morgan fingerprint density at radius 3 is 3.00 bits per heavy atom. The Kier molecular flexibility index (Phi) is 4.61. The van der Waals surface area contributed by atoms with E-state index in [0.29, 0.717) is 18.8 Å². The Morgan fingerprint density at radius 1 is 1.38 bits per heavy atom. The highest BCUT2D eigenvalue weighted by molar-refractivity contribution is 7.13. The highest BCUT2D eigenvalue weighted by Crippen LogP contribution is 2.24. The van der Waals surface area contributed by atoms with E-state index in [1.807, 2.05) is 17.5 Å². The third-order valence-corrected chi connectivity index (χ3v) is 5.02. The molecule has 0 saturated carbocycles. The molecule has 1 atom stereocenters. The van der Waals surface area contributed by atoms with Gasteiger partial charge in [-0.05, 0) is 30.4 Å². The summed E-state index contributed by atoms with van der Waals surface area (Å²) in [7, 11) is 0. The molecule has 3 aromatic heterocycles.